The Morgan fingerprint density at radius 1 is 1.09 bits per heavy atom. The Bertz CT molecular complexity index is 634. The van der Waals surface area contributed by atoms with Crippen LogP contribution in [0, 0.1) is 0 Å². The van der Waals surface area contributed by atoms with E-state index in [-0.39, 0.29) is 0 Å². The highest BCUT2D eigenvalue weighted by molar-refractivity contribution is 5.55. The molecule has 0 unspecified atom stereocenters. The van der Waals surface area contributed by atoms with Crippen molar-refractivity contribution in [3.8, 4) is 11.4 Å². The van der Waals surface area contributed by atoms with Crippen LogP contribution in [0.5, 0.6) is 0 Å². The molecule has 1 aromatic heterocycles. The van der Waals surface area contributed by atoms with Gasteiger partial charge in [0.25, 0.3) is 0 Å². The number of hydrogen-bond acceptors (Lipinski definition) is 3. The molecule has 0 atom stereocenters. The van der Waals surface area contributed by atoms with E-state index >= 15 is 0 Å². The van der Waals surface area contributed by atoms with Crippen LogP contribution in [0.15, 0.2) is 36.5 Å². The second kappa shape index (κ2) is 6.04. The molecule has 0 bridgehead atoms. The van der Waals surface area contributed by atoms with Gasteiger partial charge in [0.05, 0.1) is 11.3 Å². The third-order valence-electron chi connectivity index (χ3n) is 3.86. The number of aromatic nitrogens is 2. The van der Waals surface area contributed by atoms with Crippen molar-refractivity contribution in [3.05, 3.63) is 47.8 Å². The molecule has 1 aliphatic carbocycles. The SMILES string of the molecule is FC(F)(F)c1ccc(-c2nccc(CNC3CCC3)n2)cc1. The highest BCUT2D eigenvalue weighted by atomic mass is 19.4. The van der Waals surface area contributed by atoms with Crippen molar-refractivity contribution >= 4 is 0 Å². The summed E-state index contributed by atoms with van der Waals surface area (Å²) in [5, 5.41) is 3.40. The van der Waals surface area contributed by atoms with E-state index in [1.807, 2.05) is 6.07 Å². The molecule has 1 fully saturated rings. The van der Waals surface area contributed by atoms with Gasteiger partial charge in [0.2, 0.25) is 0 Å². The van der Waals surface area contributed by atoms with Gasteiger partial charge >= 0.3 is 6.18 Å². The monoisotopic (exact) mass is 307 g/mol. The highest BCUT2D eigenvalue weighted by Crippen LogP contribution is 2.30. The molecule has 1 saturated carbocycles. The standard InChI is InChI=1S/C16H16F3N3/c17-16(18,19)12-6-4-11(5-7-12)15-20-9-8-14(22-15)10-21-13-2-1-3-13/h4-9,13,21H,1-3,10H2. The number of rotatable bonds is 4. The zero-order valence-corrected chi connectivity index (χ0v) is 11.9. The summed E-state index contributed by atoms with van der Waals surface area (Å²) >= 11 is 0. The van der Waals surface area contributed by atoms with Crippen LogP contribution in [-0.4, -0.2) is 16.0 Å². The molecule has 1 aromatic carbocycles. The van der Waals surface area contributed by atoms with E-state index < -0.39 is 11.7 Å². The number of nitrogens with zero attached hydrogens (tertiary/aromatic N) is 2. The normalized spacial score (nSPS) is 15.6. The van der Waals surface area contributed by atoms with E-state index in [9.17, 15) is 13.2 Å². The Labute approximate surface area is 126 Å². The molecule has 1 N–H and O–H groups in total. The van der Waals surface area contributed by atoms with Crippen molar-refractivity contribution in [2.24, 2.45) is 0 Å². The quantitative estimate of drug-likeness (QED) is 0.933. The second-order valence-corrected chi connectivity index (χ2v) is 5.46. The van der Waals surface area contributed by atoms with E-state index in [2.05, 4.69) is 15.3 Å². The molecular weight excluding hydrogens is 291 g/mol. The Balaban J connectivity index is 1.73. The molecule has 3 rings (SSSR count). The number of nitrogens with one attached hydrogen (secondary N) is 1. The predicted octanol–water partition coefficient (Wildman–Crippen LogP) is 3.80. The molecule has 3 nitrogen and oxygen atoms in total. The zero-order chi connectivity index (χ0) is 15.6. The van der Waals surface area contributed by atoms with Gasteiger partial charge in [0.15, 0.2) is 5.82 Å². The minimum atomic E-state index is -4.33. The maximum atomic E-state index is 12.6. The molecule has 116 valence electrons. The van der Waals surface area contributed by atoms with Crippen LogP contribution in [0.2, 0.25) is 0 Å². The molecule has 2 aromatic rings. The van der Waals surface area contributed by atoms with Crippen molar-refractivity contribution < 1.29 is 13.2 Å². The first-order valence-corrected chi connectivity index (χ1v) is 7.25. The lowest BCUT2D eigenvalue weighted by molar-refractivity contribution is -0.137. The van der Waals surface area contributed by atoms with Crippen molar-refractivity contribution in [1.82, 2.24) is 15.3 Å². The van der Waals surface area contributed by atoms with Crippen molar-refractivity contribution in [1.29, 1.82) is 0 Å². The maximum Gasteiger partial charge on any atom is 0.416 e. The number of halogens is 3. The Hall–Kier alpha value is -1.95. The summed E-state index contributed by atoms with van der Waals surface area (Å²) in [5.41, 5.74) is 0.759. The second-order valence-electron chi connectivity index (χ2n) is 5.46. The highest BCUT2D eigenvalue weighted by Gasteiger charge is 2.30. The average Bonchev–Trinajstić information content (AvgIpc) is 2.45. The first kappa shape index (κ1) is 15.0. The molecule has 22 heavy (non-hydrogen) atoms. The lowest BCUT2D eigenvalue weighted by atomic mass is 9.93. The van der Waals surface area contributed by atoms with E-state index in [4.69, 9.17) is 0 Å². The molecular formula is C16H16F3N3. The lowest BCUT2D eigenvalue weighted by Gasteiger charge is -2.26. The summed E-state index contributed by atoms with van der Waals surface area (Å²) in [6.45, 7) is 0.654. The largest absolute Gasteiger partial charge is 0.416 e. The van der Waals surface area contributed by atoms with E-state index in [0.717, 1.165) is 17.8 Å². The summed E-state index contributed by atoms with van der Waals surface area (Å²) in [6, 6.07) is 7.29. The first-order chi connectivity index (χ1) is 10.5. The van der Waals surface area contributed by atoms with Crippen LogP contribution in [-0.2, 0) is 12.7 Å². The molecule has 0 aliphatic heterocycles. The molecule has 0 spiro atoms. The van der Waals surface area contributed by atoms with E-state index in [1.165, 1.54) is 31.4 Å². The van der Waals surface area contributed by atoms with Crippen LogP contribution in [0.4, 0.5) is 13.2 Å². The Kier molecular flexibility index (Phi) is 4.11. The first-order valence-electron chi connectivity index (χ1n) is 7.25. The Morgan fingerprint density at radius 2 is 1.82 bits per heavy atom. The van der Waals surface area contributed by atoms with Gasteiger partial charge < -0.3 is 5.32 Å². The van der Waals surface area contributed by atoms with Gasteiger partial charge in [-0.15, -0.1) is 0 Å². The summed E-state index contributed by atoms with van der Waals surface area (Å²) in [6.07, 6.45) is 0.956. The van der Waals surface area contributed by atoms with Gasteiger partial charge in [-0.25, -0.2) is 9.97 Å². The number of hydrogen-bond donors (Lipinski definition) is 1. The van der Waals surface area contributed by atoms with E-state index in [1.54, 1.807) is 6.20 Å². The summed E-state index contributed by atoms with van der Waals surface area (Å²) in [7, 11) is 0. The summed E-state index contributed by atoms with van der Waals surface area (Å²) in [4.78, 5) is 8.55. The molecule has 0 saturated heterocycles. The Morgan fingerprint density at radius 3 is 2.41 bits per heavy atom. The van der Waals surface area contributed by atoms with Crippen LogP contribution < -0.4 is 5.32 Å². The summed E-state index contributed by atoms with van der Waals surface area (Å²) in [5.74, 6) is 0.446. The zero-order valence-electron chi connectivity index (χ0n) is 11.9. The third kappa shape index (κ3) is 3.44. The maximum absolute atomic E-state index is 12.6. The molecule has 0 amide bonds. The average molecular weight is 307 g/mol. The van der Waals surface area contributed by atoms with Crippen LogP contribution >= 0.6 is 0 Å². The van der Waals surface area contributed by atoms with Gasteiger partial charge in [-0.3, -0.25) is 0 Å². The smallest absolute Gasteiger partial charge is 0.308 e. The van der Waals surface area contributed by atoms with Gasteiger partial charge in [-0.2, -0.15) is 13.2 Å². The van der Waals surface area contributed by atoms with Gasteiger partial charge in [0, 0.05) is 24.3 Å². The van der Waals surface area contributed by atoms with Crippen molar-refractivity contribution in [2.75, 3.05) is 0 Å². The molecule has 0 radical (unpaired) electrons. The topological polar surface area (TPSA) is 37.8 Å². The van der Waals surface area contributed by atoms with Crippen LogP contribution in [0.25, 0.3) is 11.4 Å². The van der Waals surface area contributed by atoms with Crippen molar-refractivity contribution in [3.63, 3.8) is 0 Å². The van der Waals surface area contributed by atoms with Crippen LogP contribution in [0.3, 0.4) is 0 Å². The predicted molar refractivity (Wildman–Crippen MR) is 76.9 cm³/mol. The molecule has 6 heteroatoms. The molecule has 1 aliphatic rings. The van der Waals surface area contributed by atoms with Gasteiger partial charge in [0.1, 0.15) is 0 Å². The fourth-order valence-corrected chi connectivity index (χ4v) is 2.30. The summed E-state index contributed by atoms with van der Waals surface area (Å²) < 4.78 is 37.7. The van der Waals surface area contributed by atoms with Gasteiger partial charge in [-0.05, 0) is 31.0 Å². The minimum absolute atomic E-state index is 0.446. The van der Waals surface area contributed by atoms with Crippen LogP contribution in [0.1, 0.15) is 30.5 Å². The number of alkyl halides is 3. The fourth-order valence-electron chi connectivity index (χ4n) is 2.30. The minimum Gasteiger partial charge on any atom is -0.308 e. The fraction of sp³-hybridized carbons (Fsp3) is 0.375. The molecule has 1 heterocycles. The number of benzene rings is 1. The third-order valence-corrected chi connectivity index (χ3v) is 3.86. The van der Waals surface area contributed by atoms with Gasteiger partial charge in [-0.1, -0.05) is 18.6 Å². The van der Waals surface area contributed by atoms with Crippen molar-refractivity contribution in [2.45, 2.75) is 38.0 Å². The lowest BCUT2D eigenvalue weighted by Crippen LogP contribution is -2.34. The van der Waals surface area contributed by atoms with E-state index in [0.29, 0.717) is 24.0 Å².